The molecule has 0 radical (unpaired) electrons. The standard InChI is InChI=1S/C9H3F13O3/c10-4(11,2-1-24-3(23)25-2)5(12,13)6(14,15)7(16,17)8(18,19)9(20,21)22/h2H,1H2. The number of rotatable bonds is 5. The summed E-state index contributed by atoms with van der Waals surface area (Å²) in [4.78, 5) is 10.3. The largest absolute Gasteiger partial charge is 0.509 e. The smallest absolute Gasteiger partial charge is 0.430 e. The molecule has 1 saturated heterocycles. The average Bonchev–Trinajstić information content (AvgIpc) is 2.83. The van der Waals surface area contributed by atoms with E-state index in [4.69, 9.17) is 0 Å². The van der Waals surface area contributed by atoms with E-state index in [9.17, 15) is 61.9 Å². The molecule has 1 rings (SSSR count). The van der Waals surface area contributed by atoms with Gasteiger partial charge in [0.15, 0.2) is 0 Å². The Labute approximate surface area is 127 Å². The molecule has 1 aliphatic rings. The summed E-state index contributed by atoms with van der Waals surface area (Å²) in [7, 11) is 0. The third kappa shape index (κ3) is 2.72. The molecule has 0 spiro atoms. The molecular weight excluding hydrogens is 403 g/mol. The first-order valence-electron chi connectivity index (χ1n) is 5.54. The number of alkyl halides is 13. The Hall–Kier alpha value is -1.64. The van der Waals surface area contributed by atoms with Gasteiger partial charge in [-0.2, -0.15) is 57.1 Å². The zero-order valence-electron chi connectivity index (χ0n) is 10.9. The maximum absolute atomic E-state index is 13.3. The number of carbonyl (C=O) groups is 1. The first-order chi connectivity index (χ1) is 10.7. The maximum atomic E-state index is 13.3. The van der Waals surface area contributed by atoms with Gasteiger partial charge in [-0.15, -0.1) is 0 Å². The average molecular weight is 406 g/mol. The number of hydrogen-bond donors (Lipinski definition) is 0. The van der Waals surface area contributed by atoms with Gasteiger partial charge in [0.05, 0.1) is 0 Å². The third-order valence-corrected chi connectivity index (χ3v) is 2.95. The molecular formula is C9H3F13O3. The molecule has 1 aliphatic heterocycles. The van der Waals surface area contributed by atoms with Gasteiger partial charge in [0, 0.05) is 0 Å². The summed E-state index contributed by atoms with van der Waals surface area (Å²) >= 11 is 0. The van der Waals surface area contributed by atoms with Crippen molar-refractivity contribution in [1.29, 1.82) is 0 Å². The fourth-order valence-corrected chi connectivity index (χ4v) is 1.49. The van der Waals surface area contributed by atoms with E-state index in [-0.39, 0.29) is 0 Å². The Balaban J connectivity index is 3.40. The van der Waals surface area contributed by atoms with Gasteiger partial charge in [-0.3, -0.25) is 0 Å². The van der Waals surface area contributed by atoms with Crippen LogP contribution in [0.2, 0.25) is 0 Å². The fraction of sp³-hybridized carbons (Fsp3) is 0.889. The van der Waals surface area contributed by atoms with E-state index < -0.39 is 54.7 Å². The summed E-state index contributed by atoms with van der Waals surface area (Å²) in [6.45, 7) is -1.88. The summed E-state index contributed by atoms with van der Waals surface area (Å²) in [5, 5.41) is 0. The Bertz CT molecular complexity index is 537. The summed E-state index contributed by atoms with van der Waals surface area (Å²) in [5.41, 5.74) is 0. The molecule has 0 N–H and O–H groups in total. The van der Waals surface area contributed by atoms with Crippen LogP contribution >= 0.6 is 0 Å². The molecule has 0 aromatic heterocycles. The summed E-state index contributed by atoms with van der Waals surface area (Å²) < 4.78 is 172. The zero-order valence-corrected chi connectivity index (χ0v) is 10.9. The molecule has 0 aromatic rings. The molecule has 1 atom stereocenters. The maximum Gasteiger partial charge on any atom is 0.509 e. The number of cyclic esters (lactones) is 2. The first-order valence-corrected chi connectivity index (χ1v) is 5.54. The van der Waals surface area contributed by atoms with Crippen molar-refractivity contribution in [3.05, 3.63) is 0 Å². The lowest BCUT2D eigenvalue weighted by atomic mass is 9.92. The second kappa shape index (κ2) is 5.43. The second-order valence-corrected chi connectivity index (χ2v) is 4.59. The van der Waals surface area contributed by atoms with Crippen molar-refractivity contribution in [3.63, 3.8) is 0 Å². The normalized spacial score (nSPS) is 21.2. The molecule has 16 heteroatoms. The quantitative estimate of drug-likeness (QED) is 0.506. The van der Waals surface area contributed by atoms with Crippen LogP contribution in [0, 0.1) is 0 Å². The highest BCUT2D eigenvalue weighted by Crippen LogP contribution is 2.61. The third-order valence-electron chi connectivity index (χ3n) is 2.95. The molecule has 1 unspecified atom stereocenters. The Kier molecular flexibility index (Phi) is 4.65. The lowest BCUT2D eigenvalue weighted by Crippen LogP contribution is -2.71. The Morgan fingerprint density at radius 3 is 1.40 bits per heavy atom. The molecule has 25 heavy (non-hydrogen) atoms. The SMILES string of the molecule is O=C1OCC(C(F)(F)C(F)(F)C(F)(F)C(F)(F)C(F)(F)C(F)(F)F)O1. The lowest BCUT2D eigenvalue weighted by molar-refractivity contribution is -0.443. The van der Waals surface area contributed by atoms with Gasteiger partial charge in [-0.25, -0.2) is 4.79 Å². The van der Waals surface area contributed by atoms with E-state index in [2.05, 4.69) is 9.47 Å². The highest BCUT2D eigenvalue weighted by atomic mass is 19.4. The molecule has 1 heterocycles. The van der Waals surface area contributed by atoms with Crippen LogP contribution in [0.1, 0.15) is 0 Å². The van der Waals surface area contributed by atoms with Crippen LogP contribution in [0.5, 0.6) is 0 Å². The lowest BCUT2D eigenvalue weighted by Gasteiger charge is -2.40. The van der Waals surface area contributed by atoms with Crippen molar-refractivity contribution in [1.82, 2.24) is 0 Å². The van der Waals surface area contributed by atoms with E-state index in [0.29, 0.717) is 0 Å². The Morgan fingerprint density at radius 1 is 0.680 bits per heavy atom. The van der Waals surface area contributed by atoms with Gasteiger partial charge in [-0.1, -0.05) is 0 Å². The van der Waals surface area contributed by atoms with E-state index in [0.717, 1.165) is 0 Å². The van der Waals surface area contributed by atoms with Crippen LogP contribution in [-0.2, 0) is 9.47 Å². The molecule has 0 aromatic carbocycles. The molecule has 3 nitrogen and oxygen atoms in total. The predicted octanol–water partition coefficient (Wildman–Crippen LogP) is 4.26. The van der Waals surface area contributed by atoms with Crippen molar-refractivity contribution in [3.8, 4) is 0 Å². The van der Waals surface area contributed by atoms with Gasteiger partial charge in [0.1, 0.15) is 6.61 Å². The number of halogens is 13. The van der Waals surface area contributed by atoms with Gasteiger partial charge in [-0.05, 0) is 0 Å². The fourth-order valence-electron chi connectivity index (χ4n) is 1.49. The second-order valence-electron chi connectivity index (χ2n) is 4.59. The number of hydrogen-bond acceptors (Lipinski definition) is 3. The van der Waals surface area contributed by atoms with E-state index >= 15 is 0 Å². The minimum atomic E-state index is -7.99. The van der Waals surface area contributed by atoms with Crippen molar-refractivity contribution in [2.45, 2.75) is 41.9 Å². The number of ether oxygens (including phenoxy) is 2. The van der Waals surface area contributed by atoms with Crippen molar-refractivity contribution >= 4 is 6.16 Å². The highest BCUT2D eigenvalue weighted by Gasteiger charge is 2.91. The van der Waals surface area contributed by atoms with E-state index in [1.807, 2.05) is 0 Å². The monoisotopic (exact) mass is 406 g/mol. The van der Waals surface area contributed by atoms with Gasteiger partial charge < -0.3 is 9.47 Å². The molecule has 0 saturated carbocycles. The highest BCUT2D eigenvalue weighted by molar-refractivity contribution is 5.62. The number of carbonyl (C=O) groups excluding carboxylic acids is 1. The molecule has 148 valence electrons. The summed E-state index contributed by atoms with van der Waals surface area (Å²) in [6.07, 6.45) is -13.2. The molecule has 0 aliphatic carbocycles. The topological polar surface area (TPSA) is 35.5 Å². The van der Waals surface area contributed by atoms with Crippen LogP contribution in [0.25, 0.3) is 0 Å². The zero-order chi connectivity index (χ0) is 20.3. The minimum absolute atomic E-state index is 1.88. The molecule has 0 amide bonds. The summed E-state index contributed by atoms with van der Waals surface area (Å²) in [6, 6.07) is 0. The Morgan fingerprint density at radius 2 is 1.08 bits per heavy atom. The van der Waals surface area contributed by atoms with Crippen molar-refractivity contribution < 1.29 is 71.3 Å². The van der Waals surface area contributed by atoms with Crippen LogP contribution in [0.3, 0.4) is 0 Å². The predicted molar refractivity (Wildman–Crippen MR) is 47.0 cm³/mol. The van der Waals surface area contributed by atoms with Crippen LogP contribution in [0.15, 0.2) is 0 Å². The van der Waals surface area contributed by atoms with Crippen molar-refractivity contribution in [2.24, 2.45) is 0 Å². The van der Waals surface area contributed by atoms with Gasteiger partial charge in [0.25, 0.3) is 0 Å². The van der Waals surface area contributed by atoms with Crippen LogP contribution in [0.4, 0.5) is 61.9 Å². The van der Waals surface area contributed by atoms with Crippen LogP contribution in [-0.4, -0.2) is 54.7 Å². The first kappa shape index (κ1) is 21.4. The van der Waals surface area contributed by atoms with Gasteiger partial charge in [0.2, 0.25) is 6.10 Å². The summed E-state index contributed by atoms with van der Waals surface area (Å²) in [5.74, 6) is -37.7. The van der Waals surface area contributed by atoms with Gasteiger partial charge >= 0.3 is 41.9 Å². The minimum Gasteiger partial charge on any atom is -0.430 e. The molecule has 1 fully saturated rings. The van der Waals surface area contributed by atoms with E-state index in [1.54, 1.807) is 0 Å². The molecule has 0 bridgehead atoms. The van der Waals surface area contributed by atoms with Crippen LogP contribution < -0.4 is 0 Å². The van der Waals surface area contributed by atoms with E-state index in [1.165, 1.54) is 0 Å². The van der Waals surface area contributed by atoms with Crippen molar-refractivity contribution in [2.75, 3.05) is 6.61 Å².